The maximum Gasteiger partial charge on any atom is 0.306 e. The molecule has 2 aromatic carbocycles. The summed E-state index contributed by atoms with van der Waals surface area (Å²) in [7, 11) is 1.32. The zero-order chi connectivity index (χ0) is 20.1. The molecule has 7 nitrogen and oxygen atoms in total. The molecule has 2 atom stereocenters. The van der Waals surface area contributed by atoms with Gasteiger partial charge in [-0.2, -0.15) is 0 Å². The van der Waals surface area contributed by atoms with Gasteiger partial charge in [0, 0.05) is 5.56 Å². The minimum absolute atomic E-state index is 0. The van der Waals surface area contributed by atoms with Crippen LogP contribution in [0.1, 0.15) is 18.4 Å². The average Bonchev–Trinajstić information content (AvgIpc) is 3.06. The molecule has 1 fully saturated rings. The number of hydrogen-bond acceptors (Lipinski definition) is 5. The lowest BCUT2D eigenvalue weighted by Gasteiger charge is -2.12. The van der Waals surface area contributed by atoms with Gasteiger partial charge in [0.25, 0.3) is 0 Å². The van der Waals surface area contributed by atoms with E-state index in [1.165, 1.54) is 7.11 Å². The van der Waals surface area contributed by atoms with Gasteiger partial charge in [0.1, 0.15) is 18.2 Å². The van der Waals surface area contributed by atoms with Crippen molar-refractivity contribution in [2.24, 2.45) is 11.7 Å². The molecule has 8 heteroatoms. The van der Waals surface area contributed by atoms with Gasteiger partial charge < -0.3 is 20.5 Å². The second kappa shape index (κ2) is 9.93. The van der Waals surface area contributed by atoms with Crippen LogP contribution in [0.4, 0.5) is 0 Å². The van der Waals surface area contributed by atoms with Gasteiger partial charge >= 0.3 is 5.97 Å². The van der Waals surface area contributed by atoms with E-state index in [0.717, 1.165) is 11.1 Å². The van der Waals surface area contributed by atoms with Gasteiger partial charge in [0.15, 0.2) is 0 Å². The van der Waals surface area contributed by atoms with Crippen LogP contribution in [0.5, 0.6) is 5.75 Å². The van der Waals surface area contributed by atoms with Crippen LogP contribution in [-0.2, 0) is 14.3 Å². The van der Waals surface area contributed by atoms with Gasteiger partial charge in [-0.1, -0.05) is 36.4 Å². The van der Waals surface area contributed by atoms with Crippen molar-refractivity contribution in [3.05, 3.63) is 54.1 Å². The van der Waals surface area contributed by atoms with Crippen LogP contribution in [0.15, 0.2) is 48.5 Å². The largest absolute Gasteiger partial charge is 0.491 e. The summed E-state index contributed by atoms with van der Waals surface area (Å²) < 4.78 is 10.4. The Morgan fingerprint density at radius 2 is 1.72 bits per heavy atom. The van der Waals surface area contributed by atoms with Crippen molar-refractivity contribution in [3.63, 3.8) is 0 Å². The fraction of sp³-hybridized carbons (Fsp3) is 0.286. The molecule has 1 aliphatic rings. The van der Waals surface area contributed by atoms with E-state index in [4.69, 9.17) is 15.9 Å². The molecular weight excluding hydrogens is 394 g/mol. The third kappa shape index (κ3) is 5.71. The number of carbonyl (C=O) groups is 2. The molecule has 2 aromatic rings. The summed E-state index contributed by atoms with van der Waals surface area (Å²) in [4.78, 5) is 23.3. The highest BCUT2D eigenvalue weighted by atomic mass is 35.5. The van der Waals surface area contributed by atoms with Crippen molar-refractivity contribution < 1.29 is 19.1 Å². The molecule has 0 unspecified atom stereocenters. The summed E-state index contributed by atoms with van der Waals surface area (Å²) >= 11 is 0. The molecular formula is C21H24ClN3O4. The van der Waals surface area contributed by atoms with Crippen LogP contribution < -0.4 is 15.8 Å². The molecule has 4 N–H and O–H groups in total. The van der Waals surface area contributed by atoms with E-state index in [2.05, 4.69) is 10.1 Å². The molecule has 154 valence electrons. The SMILES string of the molecule is COC(=O)C[C@H]1C[C@@H](COc2ccc(-c3ccc(C(=N)N)cc3)cc2)NC1=O.Cl. The third-order valence-electron chi connectivity index (χ3n) is 4.76. The number of carbonyl (C=O) groups excluding carboxylic acids is 2. The highest BCUT2D eigenvalue weighted by Crippen LogP contribution is 2.24. The van der Waals surface area contributed by atoms with E-state index in [9.17, 15) is 9.59 Å². The second-order valence-electron chi connectivity index (χ2n) is 6.74. The topological polar surface area (TPSA) is 114 Å². The normalized spacial score (nSPS) is 17.8. The van der Waals surface area contributed by atoms with Gasteiger partial charge in [0.2, 0.25) is 5.91 Å². The Labute approximate surface area is 175 Å². The number of methoxy groups -OCH3 is 1. The molecule has 3 rings (SSSR count). The number of nitrogens with two attached hydrogens (primary N) is 1. The molecule has 0 saturated carbocycles. The fourth-order valence-electron chi connectivity index (χ4n) is 3.18. The monoisotopic (exact) mass is 417 g/mol. The van der Waals surface area contributed by atoms with Crippen LogP contribution in [0.3, 0.4) is 0 Å². The number of nitrogen functional groups attached to an aromatic ring is 1. The first-order chi connectivity index (χ1) is 13.5. The highest BCUT2D eigenvalue weighted by Gasteiger charge is 2.34. The van der Waals surface area contributed by atoms with Crippen LogP contribution in [0, 0.1) is 11.3 Å². The lowest BCUT2D eigenvalue weighted by molar-refractivity contribution is -0.143. The molecule has 0 aromatic heterocycles. The van der Waals surface area contributed by atoms with E-state index in [1.807, 2.05) is 48.5 Å². The molecule has 1 heterocycles. The minimum Gasteiger partial charge on any atom is -0.491 e. The highest BCUT2D eigenvalue weighted by molar-refractivity contribution is 5.95. The molecule has 0 spiro atoms. The Hall–Kier alpha value is -3.06. The van der Waals surface area contributed by atoms with Gasteiger partial charge in [-0.05, 0) is 29.7 Å². The number of benzene rings is 2. The summed E-state index contributed by atoms with van der Waals surface area (Å²) in [5.41, 5.74) is 8.20. The summed E-state index contributed by atoms with van der Waals surface area (Å²) in [5, 5.41) is 10.3. The first-order valence-corrected chi connectivity index (χ1v) is 9.01. The third-order valence-corrected chi connectivity index (χ3v) is 4.76. The number of ether oxygens (including phenoxy) is 2. The number of esters is 1. The predicted molar refractivity (Wildman–Crippen MR) is 112 cm³/mol. The number of rotatable bonds is 7. The van der Waals surface area contributed by atoms with Gasteiger partial charge in [-0.15, -0.1) is 12.4 Å². The summed E-state index contributed by atoms with van der Waals surface area (Å²) in [6.45, 7) is 0.343. The second-order valence-corrected chi connectivity index (χ2v) is 6.74. The van der Waals surface area contributed by atoms with Gasteiger partial charge in [-0.3, -0.25) is 15.0 Å². The molecule has 1 saturated heterocycles. The Kier molecular flexibility index (Phi) is 7.61. The first-order valence-electron chi connectivity index (χ1n) is 9.01. The lowest BCUT2D eigenvalue weighted by Crippen LogP contribution is -2.31. The zero-order valence-corrected chi connectivity index (χ0v) is 16.8. The van der Waals surface area contributed by atoms with Crippen LogP contribution in [0.2, 0.25) is 0 Å². The molecule has 1 amide bonds. The standard InChI is InChI=1S/C21H23N3O4.ClH/c1-27-19(25)11-16-10-17(24-21(16)26)12-28-18-8-6-14(7-9-18)13-2-4-15(5-3-13)20(22)23;/h2-9,16-17H,10-12H2,1H3,(H3,22,23)(H,24,26);1H/t16-,17+;/m1./s1. The van der Waals surface area contributed by atoms with E-state index in [1.54, 1.807) is 0 Å². The summed E-state index contributed by atoms with van der Waals surface area (Å²) in [6, 6.07) is 15.0. The van der Waals surface area contributed by atoms with E-state index < -0.39 is 0 Å². The maximum absolute atomic E-state index is 11.9. The number of halogens is 1. The van der Waals surface area contributed by atoms with Crippen molar-refractivity contribution in [3.8, 4) is 16.9 Å². The first kappa shape index (κ1) is 22.2. The van der Waals surface area contributed by atoms with Crippen molar-refractivity contribution >= 4 is 30.1 Å². The smallest absolute Gasteiger partial charge is 0.306 e. The molecule has 0 bridgehead atoms. The Morgan fingerprint density at radius 3 is 2.28 bits per heavy atom. The minimum atomic E-state index is -0.381. The quantitative estimate of drug-likeness (QED) is 0.364. The van der Waals surface area contributed by atoms with Crippen LogP contribution in [0.25, 0.3) is 11.1 Å². The van der Waals surface area contributed by atoms with Gasteiger partial charge in [0.05, 0.1) is 25.5 Å². The van der Waals surface area contributed by atoms with Crippen molar-refractivity contribution in [2.75, 3.05) is 13.7 Å². The Balaban J connectivity index is 0.00000300. The van der Waals surface area contributed by atoms with E-state index in [0.29, 0.717) is 24.3 Å². The number of amides is 1. The number of nitrogens with one attached hydrogen (secondary N) is 2. The van der Waals surface area contributed by atoms with E-state index in [-0.39, 0.29) is 48.5 Å². The Bertz CT molecular complexity index is 868. The summed E-state index contributed by atoms with van der Waals surface area (Å²) in [5.74, 6) is -0.128. The number of amidine groups is 1. The molecule has 0 aliphatic carbocycles. The van der Waals surface area contributed by atoms with Crippen molar-refractivity contribution in [1.29, 1.82) is 5.41 Å². The zero-order valence-electron chi connectivity index (χ0n) is 16.0. The van der Waals surface area contributed by atoms with Gasteiger partial charge in [-0.25, -0.2) is 0 Å². The Morgan fingerprint density at radius 1 is 1.14 bits per heavy atom. The van der Waals surface area contributed by atoms with Crippen molar-refractivity contribution in [2.45, 2.75) is 18.9 Å². The molecule has 0 radical (unpaired) electrons. The number of hydrogen-bond donors (Lipinski definition) is 3. The molecule has 1 aliphatic heterocycles. The van der Waals surface area contributed by atoms with E-state index >= 15 is 0 Å². The predicted octanol–water partition coefficient (Wildman–Crippen LogP) is 2.51. The lowest BCUT2D eigenvalue weighted by atomic mass is 10.0. The van der Waals surface area contributed by atoms with Crippen molar-refractivity contribution in [1.82, 2.24) is 5.32 Å². The fourth-order valence-corrected chi connectivity index (χ4v) is 3.18. The average molecular weight is 418 g/mol. The maximum atomic E-state index is 11.9. The van der Waals surface area contributed by atoms with Crippen LogP contribution >= 0.6 is 12.4 Å². The van der Waals surface area contributed by atoms with Crippen LogP contribution in [-0.4, -0.2) is 37.5 Å². The summed E-state index contributed by atoms with van der Waals surface area (Å²) in [6.07, 6.45) is 0.643. The molecule has 29 heavy (non-hydrogen) atoms.